The number of H-pyrrole nitrogens is 1. The van der Waals surface area contributed by atoms with E-state index >= 15 is 0 Å². The van der Waals surface area contributed by atoms with Crippen molar-refractivity contribution in [2.45, 2.75) is 5.37 Å². The van der Waals surface area contributed by atoms with Crippen LogP contribution in [0.25, 0.3) is 27.9 Å². The van der Waals surface area contributed by atoms with Gasteiger partial charge in [0.05, 0.1) is 5.70 Å². The molecule has 2 aromatic heterocycles. The molecule has 0 radical (unpaired) electrons. The Bertz CT molecular complexity index is 1040. The molecule has 142 valence electrons. The van der Waals surface area contributed by atoms with Crippen LogP contribution in [0.2, 0.25) is 0 Å². The molecule has 2 aliphatic rings. The minimum absolute atomic E-state index is 0.153. The molecular formula is C21H21N5OS. The number of thioether (sulfide) groups is 1. The van der Waals surface area contributed by atoms with E-state index < -0.39 is 0 Å². The van der Waals surface area contributed by atoms with Crippen molar-refractivity contribution in [2.75, 3.05) is 26.2 Å². The van der Waals surface area contributed by atoms with Gasteiger partial charge in [0.1, 0.15) is 5.65 Å². The van der Waals surface area contributed by atoms with Crippen LogP contribution in [0.3, 0.4) is 0 Å². The maximum Gasteiger partial charge on any atom is 0.256 e. The second kappa shape index (κ2) is 7.33. The second-order valence-electron chi connectivity index (χ2n) is 6.96. The maximum absolute atomic E-state index is 12.8. The molecule has 3 N–H and O–H groups in total. The number of benzene rings is 1. The van der Waals surface area contributed by atoms with E-state index in [-0.39, 0.29) is 11.3 Å². The average Bonchev–Trinajstić information content (AvgIpc) is 3.41. The quantitative estimate of drug-likeness (QED) is 0.640. The number of pyridine rings is 1. The molecule has 4 heterocycles. The lowest BCUT2D eigenvalue weighted by Crippen LogP contribution is -2.51. The van der Waals surface area contributed by atoms with Gasteiger partial charge in [0.15, 0.2) is 5.37 Å². The number of rotatable bonds is 3. The Morgan fingerprint density at radius 2 is 1.96 bits per heavy atom. The van der Waals surface area contributed by atoms with Crippen LogP contribution in [0.1, 0.15) is 5.56 Å². The number of nitrogens with one attached hydrogen (secondary N) is 3. The van der Waals surface area contributed by atoms with Gasteiger partial charge < -0.3 is 20.5 Å². The molecule has 1 fully saturated rings. The minimum Gasteiger partial charge on any atom is -0.364 e. The summed E-state index contributed by atoms with van der Waals surface area (Å²) < 4.78 is 0. The van der Waals surface area contributed by atoms with E-state index in [1.54, 1.807) is 11.8 Å². The number of piperazine rings is 1. The van der Waals surface area contributed by atoms with E-state index in [0.29, 0.717) is 0 Å². The molecule has 1 saturated heterocycles. The summed E-state index contributed by atoms with van der Waals surface area (Å²) in [5, 5.41) is 9.53. The van der Waals surface area contributed by atoms with Gasteiger partial charge in [-0.1, -0.05) is 42.1 Å². The SMILES string of the molecule is O=C(C1NC(c2c[nH]c3ncc(-c4ccccc4)cc23)=CS1)N1CCNCC1. The molecule has 0 bridgehead atoms. The van der Waals surface area contributed by atoms with Crippen molar-refractivity contribution in [2.24, 2.45) is 0 Å². The highest BCUT2D eigenvalue weighted by Gasteiger charge is 2.30. The first kappa shape index (κ1) is 17.3. The van der Waals surface area contributed by atoms with Crippen LogP contribution in [0.4, 0.5) is 0 Å². The zero-order valence-corrected chi connectivity index (χ0v) is 16.1. The number of amides is 1. The van der Waals surface area contributed by atoms with Gasteiger partial charge in [-0.3, -0.25) is 4.79 Å². The van der Waals surface area contributed by atoms with Crippen molar-refractivity contribution < 1.29 is 4.79 Å². The molecule has 5 rings (SSSR count). The number of carbonyl (C=O) groups is 1. The smallest absolute Gasteiger partial charge is 0.256 e. The topological polar surface area (TPSA) is 73.0 Å². The first-order chi connectivity index (χ1) is 13.8. The third-order valence-electron chi connectivity index (χ3n) is 5.19. The lowest BCUT2D eigenvalue weighted by Gasteiger charge is -2.29. The van der Waals surface area contributed by atoms with E-state index in [1.807, 2.05) is 40.9 Å². The largest absolute Gasteiger partial charge is 0.364 e. The van der Waals surface area contributed by atoms with Gasteiger partial charge >= 0.3 is 0 Å². The van der Waals surface area contributed by atoms with Crippen LogP contribution in [-0.4, -0.2) is 52.3 Å². The Labute approximate surface area is 167 Å². The Morgan fingerprint density at radius 3 is 2.79 bits per heavy atom. The number of fused-ring (bicyclic) bond motifs is 1. The standard InChI is InChI=1S/C21H21N5OS/c27-21(26-8-6-22-7-9-26)20-25-18(13-28-20)17-12-24-19-16(17)10-15(11-23-19)14-4-2-1-3-5-14/h1-5,10-13,20,22,25H,6-9H2,(H,23,24). The van der Waals surface area contributed by atoms with Crippen molar-refractivity contribution >= 4 is 34.4 Å². The molecule has 2 aliphatic heterocycles. The van der Waals surface area contributed by atoms with Crippen molar-refractivity contribution in [1.29, 1.82) is 0 Å². The zero-order valence-electron chi connectivity index (χ0n) is 15.3. The first-order valence-corrected chi connectivity index (χ1v) is 10.4. The highest BCUT2D eigenvalue weighted by molar-refractivity contribution is 8.03. The highest BCUT2D eigenvalue weighted by Crippen LogP contribution is 2.33. The molecular weight excluding hydrogens is 370 g/mol. The monoisotopic (exact) mass is 391 g/mol. The van der Waals surface area contributed by atoms with E-state index in [0.717, 1.165) is 59.6 Å². The Kier molecular flexibility index (Phi) is 4.54. The number of carbonyl (C=O) groups excluding carboxylic acids is 1. The molecule has 0 aliphatic carbocycles. The van der Waals surface area contributed by atoms with Crippen molar-refractivity contribution in [3.63, 3.8) is 0 Å². The summed E-state index contributed by atoms with van der Waals surface area (Å²) in [6, 6.07) is 12.4. The number of hydrogen-bond acceptors (Lipinski definition) is 5. The number of nitrogens with zero attached hydrogens (tertiary/aromatic N) is 2. The number of aromatic nitrogens is 2. The van der Waals surface area contributed by atoms with Gasteiger partial charge in [-0.15, -0.1) is 0 Å². The van der Waals surface area contributed by atoms with E-state index in [2.05, 4.69) is 38.8 Å². The Morgan fingerprint density at radius 1 is 1.14 bits per heavy atom. The first-order valence-electron chi connectivity index (χ1n) is 9.44. The summed E-state index contributed by atoms with van der Waals surface area (Å²) in [5.74, 6) is 0.153. The van der Waals surface area contributed by atoms with Crippen LogP contribution in [-0.2, 0) is 4.79 Å². The molecule has 0 spiro atoms. The van der Waals surface area contributed by atoms with Gasteiger partial charge in [-0.2, -0.15) is 0 Å². The number of hydrogen-bond donors (Lipinski definition) is 3. The fourth-order valence-corrected chi connectivity index (χ4v) is 4.60. The predicted octanol–water partition coefficient (Wildman–Crippen LogP) is 2.62. The van der Waals surface area contributed by atoms with Gasteiger partial charge in [-0.05, 0) is 17.0 Å². The van der Waals surface area contributed by atoms with Crippen LogP contribution >= 0.6 is 11.8 Å². The van der Waals surface area contributed by atoms with Gasteiger partial charge in [-0.25, -0.2) is 4.98 Å². The molecule has 1 aromatic carbocycles. The van der Waals surface area contributed by atoms with Crippen LogP contribution < -0.4 is 10.6 Å². The molecule has 7 heteroatoms. The summed E-state index contributed by atoms with van der Waals surface area (Å²) in [6.07, 6.45) is 3.85. The Hall–Kier alpha value is -2.77. The minimum atomic E-state index is -0.261. The van der Waals surface area contributed by atoms with E-state index in [9.17, 15) is 4.79 Å². The van der Waals surface area contributed by atoms with E-state index in [1.165, 1.54) is 0 Å². The lowest BCUT2D eigenvalue weighted by atomic mass is 10.1. The fraction of sp³-hybridized carbons (Fsp3) is 0.238. The summed E-state index contributed by atoms with van der Waals surface area (Å²) in [4.78, 5) is 22.5. The maximum atomic E-state index is 12.8. The molecule has 6 nitrogen and oxygen atoms in total. The third-order valence-corrected chi connectivity index (χ3v) is 6.15. The third kappa shape index (κ3) is 3.16. The molecule has 1 atom stereocenters. The normalized spacial score (nSPS) is 19.5. The highest BCUT2D eigenvalue weighted by atomic mass is 32.2. The lowest BCUT2D eigenvalue weighted by molar-refractivity contribution is -0.131. The molecule has 0 saturated carbocycles. The Balaban J connectivity index is 1.40. The molecule has 1 unspecified atom stereocenters. The number of aromatic amines is 1. The van der Waals surface area contributed by atoms with E-state index in [4.69, 9.17) is 0 Å². The summed E-state index contributed by atoms with van der Waals surface area (Å²) >= 11 is 1.54. The van der Waals surface area contributed by atoms with Crippen LogP contribution in [0.5, 0.6) is 0 Å². The van der Waals surface area contributed by atoms with Gasteiger partial charge in [0.25, 0.3) is 5.91 Å². The van der Waals surface area contributed by atoms with Gasteiger partial charge in [0.2, 0.25) is 0 Å². The predicted molar refractivity (Wildman–Crippen MR) is 113 cm³/mol. The molecule has 28 heavy (non-hydrogen) atoms. The van der Waals surface area contributed by atoms with Crippen molar-refractivity contribution in [3.8, 4) is 11.1 Å². The van der Waals surface area contributed by atoms with Crippen molar-refractivity contribution in [3.05, 3.63) is 59.8 Å². The summed E-state index contributed by atoms with van der Waals surface area (Å²) in [5.41, 5.74) is 5.08. The van der Waals surface area contributed by atoms with Crippen molar-refractivity contribution in [1.82, 2.24) is 25.5 Å². The summed E-state index contributed by atoms with van der Waals surface area (Å²) in [7, 11) is 0. The van der Waals surface area contributed by atoms with Gasteiger partial charge in [0, 0.05) is 55.1 Å². The van der Waals surface area contributed by atoms with Crippen LogP contribution in [0.15, 0.2) is 54.2 Å². The zero-order chi connectivity index (χ0) is 18.9. The molecule has 1 amide bonds. The fourth-order valence-electron chi connectivity index (χ4n) is 3.67. The molecule has 3 aromatic rings. The van der Waals surface area contributed by atoms with Crippen LogP contribution in [0, 0.1) is 0 Å². The second-order valence-corrected chi connectivity index (χ2v) is 7.94. The summed E-state index contributed by atoms with van der Waals surface area (Å²) in [6.45, 7) is 3.26. The average molecular weight is 392 g/mol.